The molecular formula is C14H15N3O3. The summed E-state index contributed by atoms with van der Waals surface area (Å²) in [7, 11) is 0. The number of aliphatic carboxylic acids is 1. The number of H-pyrrole nitrogens is 1. The largest absolute Gasteiger partial charge is 0.481 e. The van der Waals surface area contributed by atoms with Crippen molar-refractivity contribution >= 4 is 17.3 Å². The number of carboxylic acids is 1. The quantitative estimate of drug-likeness (QED) is 0.772. The van der Waals surface area contributed by atoms with Crippen LogP contribution in [0.1, 0.15) is 17.7 Å². The number of anilines is 2. The molecule has 0 bridgehead atoms. The number of carboxylic acid groups (broad SMARTS) is 1. The summed E-state index contributed by atoms with van der Waals surface area (Å²) >= 11 is 0. The molecule has 2 rings (SSSR count). The minimum absolute atomic E-state index is 0.0710. The van der Waals surface area contributed by atoms with E-state index in [1.165, 1.54) is 6.20 Å². The Hall–Kier alpha value is -2.63. The molecule has 6 nitrogen and oxygen atoms in total. The zero-order chi connectivity index (χ0) is 14.5. The summed E-state index contributed by atoms with van der Waals surface area (Å²) in [5, 5.41) is 11.9. The molecule has 0 spiro atoms. The Morgan fingerprint density at radius 2 is 2.10 bits per heavy atom. The van der Waals surface area contributed by atoms with Crippen molar-refractivity contribution in [2.75, 3.05) is 5.32 Å². The molecule has 0 aliphatic rings. The summed E-state index contributed by atoms with van der Waals surface area (Å²) in [6.45, 7) is 1.77. The van der Waals surface area contributed by atoms with Crippen LogP contribution >= 0.6 is 0 Å². The molecular weight excluding hydrogens is 258 g/mol. The molecule has 0 amide bonds. The van der Waals surface area contributed by atoms with E-state index in [4.69, 9.17) is 5.11 Å². The fraction of sp³-hybridized carbons (Fsp3) is 0.214. The number of aromatic amines is 1. The van der Waals surface area contributed by atoms with Gasteiger partial charge < -0.3 is 15.4 Å². The number of hydrogen-bond acceptors (Lipinski definition) is 4. The van der Waals surface area contributed by atoms with E-state index in [1.54, 1.807) is 6.92 Å². The number of hydrogen-bond donors (Lipinski definition) is 3. The SMILES string of the molecule is Cc1[nH]c(=O)ncc1Nc1ccccc1CCC(=O)O. The highest BCUT2D eigenvalue weighted by atomic mass is 16.4. The molecule has 0 aliphatic heterocycles. The molecule has 0 saturated carbocycles. The lowest BCUT2D eigenvalue weighted by atomic mass is 10.1. The van der Waals surface area contributed by atoms with Crippen molar-refractivity contribution in [1.82, 2.24) is 9.97 Å². The highest BCUT2D eigenvalue weighted by Gasteiger charge is 2.06. The van der Waals surface area contributed by atoms with Crippen molar-refractivity contribution in [3.8, 4) is 0 Å². The minimum Gasteiger partial charge on any atom is -0.481 e. The third-order valence-electron chi connectivity index (χ3n) is 2.90. The van der Waals surface area contributed by atoms with Crippen LogP contribution in [0.25, 0.3) is 0 Å². The minimum atomic E-state index is -0.832. The average molecular weight is 273 g/mol. The topological polar surface area (TPSA) is 95.1 Å². The molecule has 1 aromatic carbocycles. The lowest BCUT2D eigenvalue weighted by molar-refractivity contribution is -0.136. The smallest absolute Gasteiger partial charge is 0.345 e. The van der Waals surface area contributed by atoms with Crippen molar-refractivity contribution < 1.29 is 9.90 Å². The number of carbonyl (C=O) groups is 1. The van der Waals surface area contributed by atoms with Gasteiger partial charge in [0.2, 0.25) is 0 Å². The molecule has 104 valence electrons. The standard InChI is InChI=1S/C14H15N3O3/c1-9-12(8-15-14(20)16-9)17-11-5-3-2-4-10(11)6-7-13(18)19/h2-5,8,17H,6-7H2,1H3,(H,18,19)(H,15,16,20). The first kappa shape index (κ1) is 13.8. The highest BCUT2D eigenvalue weighted by Crippen LogP contribution is 2.22. The van der Waals surface area contributed by atoms with E-state index in [9.17, 15) is 9.59 Å². The van der Waals surface area contributed by atoms with Crippen LogP contribution in [0.5, 0.6) is 0 Å². The first-order valence-electron chi connectivity index (χ1n) is 6.19. The van der Waals surface area contributed by atoms with Crippen molar-refractivity contribution in [1.29, 1.82) is 0 Å². The Balaban J connectivity index is 2.24. The van der Waals surface area contributed by atoms with Crippen LogP contribution in [-0.4, -0.2) is 21.0 Å². The van der Waals surface area contributed by atoms with Gasteiger partial charge in [0.05, 0.1) is 11.9 Å². The van der Waals surface area contributed by atoms with Crippen LogP contribution < -0.4 is 11.0 Å². The van der Waals surface area contributed by atoms with E-state index < -0.39 is 11.7 Å². The van der Waals surface area contributed by atoms with Crippen molar-refractivity contribution in [3.63, 3.8) is 0 Å². The zero-order valence-electron chi connectivity index (χ0n) is 11.0. The van der Waals surface area contributed by atoms with Gasteiger partial charge in [0.15, 0.2) is 0 Å². The van der Waals surface area contributed by atoms with E-state index in [1.807, 2.05) is 24.3 Å². The molecule has 2 aromatic rings. The maximum atomic E-state index is 11.1. The van der Waals surface area contributed by atoms with Crippen LogP contribution in [0.4, 0.5) is 11.4 Å². The van der Waals surface area contributed by atoms with Gasteiger partial charge in [-0.2, -0.15) is 4.98 Å². The van der Waals surface area contributed by atoms with Crippen LogP contribution in [0.3, 0.4) is 0 Å². The molecule has 0 saturated heterocycles. The molecule has 0 radical (unpaired) electrons. The normalized spacial score (nSPS) is 10.2. The third-order valence-corrected chi connectivity index (χ3v) is 2.90. The van der Waals surface area contributed by atoms with Gasteiger partial charge >= 0.3 is 11.7 Å². The molecule has 0 unspecified atom stereocenters. The summed E-state index contributed by atoms with van der Waals surface area (Å²) < 4.78 is 0. The molecule has 20 heavy (non-hydrogen) atoms. The van der Waals surface area contributed by atoms with E-state index >= 15 is 0 Å². The Labute approximate surface area is 115 Å². The van der Waals surface area contributed by atoms with Gasteiger partial charge in [0.1, 0.15) is 0 Å². The van der Waals surface area contributed by atoms with Crippen LogP contribution in [-0.2, 0) is 11.2 Å². The van der Waals surface area contributed by atoms with E-state index in [0.717, 1.165) is 11.3 Å². The van der Waals surface area contributed by atoms with Gasteiger partial charge in [-0.3, -0.25) is 4.79 Å². The number of benzene rings is 1. The van der Waals surface area contributed by atoms with Crippen molar-refractivity contribution in [3.05, 3.63) is 52.2 Å². The predicted molar refractivity (Wildman–Crippen MR) is 75.3 cm³/mol. The first-order valence-corrected chi connectivity index (χ1v) is 6.19. The van der Waals surface area contributed by atoms with Crippen molar-refractivity contribution in [2.24, 2.45) is 0 Å². The van der Waals surface area contributed by atoms with Crippen LogP contribution in [0.2, 0.25) is 0 Å². The number of rotatable bonds is 5. The van der Waals surface area contributed by atoms with E-state index in [0.29, 0.717) is 17.8 Å². The zero-order valence-corrected chi connectivity index (χ0v) is 11.0. The molecule has 0 aliphatic carbocycles. The lowest BCUT2D eigenvalue weighted by Gasteiger charge is -2.12. The summed E-state index contributed by atoms with van der Waals surface area (Å²) in [4.78, 5) is 28.0. The second-order valence-corrected chi connectivity index (χ2v) is 4.40. The van der Waals surface area contributed by atoms with Gasteiger partial charge in [0, 0.05) is 17.8 Å². The Morgan fingerprint density at radius 3 is 2.80 bits per heavy atom. The second-order valence-electron chi connectivity index (χ2n) is 4.40. The van der Waals surface area contributed by atoms with Gasteiger partial charge in [-0.25, -0.2) is 4.79 Å². The van der Waals surface area contributed by atoms with Gasteiger partial charge in [-0.1, -0.05) is 18.2 Å². The van der Waals surface area contributed by atoms with Crippen LogP contribution in [0, 0.1) is 6.92 Å². The summed E-state index contributed by atoms with van der Waals surface area (Å²) in [6.07, 6.45) is 1.97. The fourth-order valence-corrected chi connectivity index (χ4v) is 1.85. The number of nitrogens with one attached hydrogen (secondary N) is 2. The molecule has 1 heterocycles. The lowest BCUT2D eigenvalue weighted by Crippen LogP contribution is -2.12. The fourth-order valence-electron chi connectivity index (χ4n) is 1.85. The number of aromatic nitrogens is 2. The van der Waals surface area contributed by atoms with Crippen LogP contribution in [0.15, 0.2) is 35.3 Å². The second kappa shape index (κ2) is 6.01. The first-order chi connectivity index (χ1) is 9.56. The Kier molecular flexibility index (Phi) is 4.14. The monoisotopic (exact) mass is 273 g/mol. The highest BCUT2D eigenvalue weighted by molar-refractivity contribution is 5.69. The van der Waals surface area contributed by atoms with Gasteiger partial charge in [-0.05, 0) is 25.0 Å². The molecule has 0 atom stereocenters. The maximum absolute atomic E-state index is 11.1. The Bertz CT molecular complexity index is 679. The molecule has 3 N–H and O–H groups in total. The molecule has 1 aromatic heterocycles. The van der Waals surface area contributed by atoms with E-state index in [-0.39, 0.29) is 6.42 Å². The molecule has 0 fully saturated rings. The Morgan fingerprint density at radius 1 is 1.35 bits per heavy atom. The van der Waals surface area contributed by atoms with Gasteiger partial charge in [-0.15, -0.1) is 0 Å². The summed E-state index contributed by atoms with van der Waals surface area (Å²) in [5.74, 6) is -0.832. The summed E-state index contributed by atoms with van der Waals surface area (Å²) in [5.41, 5.74) is 2.68. The summed E-state index contributed by atoms with van der Waals surface area (Å²) in [6, 6.07) is 7.46. The predicted octanol–water partition coefficient (Wildman–Crippen LogP) is 1.84. The van der Waals surface area contributed by atoms with Gasteiger partial charge in [0.25, 0.3) is 0 Å². The van der Waals surface area contributed by atoms with E-state index in [2.05, 4.69) is 15.3 Å². The maximum Gasteiger partial charge on any atom is 0.345 e. The number of aryl methyl sites for hydroxylation is 2. The molecule has 6 heteroatoms. The number of nitrogens with zero attached hydrogens (tertiary/aromatic N) is 1. The van der Waals surface area contributed by atoms with Crippen molar-refractivity contribution in [2.45, 2.75) is 19.8 Å². The average Bonchev–Trinajstić information content (AvgIpc) is 2.41. The third kappa shape index (κ3) is 3.44. The number of para-hydroxylation sites is 1.